The molecular weight excluding hydrogens is 515 g/mol. The van der Waals surface area contributed by atoms with Crippen LogP contribution in [0.15, 0.2) is 36.0 Å². The summed E-state index contributed by atoms with van der Waals surface area (Å²) in [7, 11) is 0. The zero-order chi connectivity index (χ0) is 28.2. The molecule has 3 fully saturated rings. The molecule has 6 rings (SSSR count). The topological polar surface area (TPSA) is 81.4 Å². The van der Waals surface area contributed by atoms with Crippen molar-refractivity contribution in [1.29, 1.82) is 0 Å². The maximum Gasteiger partial charge on any atom is 0.303 e. The number of carbonyl (C=O) groups excluding carboxylic acids is 2. The highest BCUT2D eigenvalue weighted by Gasteiger charge is 2.77. The monoisotopic (exact) mass is 552 g/mol. The normalized spacial score (nSPS) is 40.6. The van der Waals surface area contributed by atoms with Crippen LogP contribution in [-0.2, 0) is 20.7 Å². The van der Waals surface area contributed by atoms with Gasteiger partial charge in [0, 0.05) is 23.2 Å². The second-order valence-electron chi connectivity index (χ2n) is 13.2. The summed E-state index contributed by atoms with van der Waals surface area (Å²) in [6, 6.07) is 6.35. The van der Waals surface area contributed by atoms with Gasteiger partial charge in [-0.2, -0.15) is 5.10 Å². The first-order valence-electron chi connectivity index (χ1n) is 13.9. The predicted molar refractivity (Wildman–Crippen MR) is 149 cm³/mol. The number of hydrogen-bond acceptors (Lipinski definition) is 5. The van der Waals surface area contributed by atoms with Crippen molar-refractivity contribution in [1.82, 2.24) is 9.78 Å². The van der Waals surface area contributed by atoms with Gasteiger partial charge in [-0.25, -0.2) is 9.07 Å². The van der Waals surface area contributed by atoms with Gasteiger partial charge in [0.1, 0.15) is 5.82 Å². The Morgan fingerprint density at radius 1 is 1.15 bits per heavy atom. The third-order valence-corrected chi connectivity index (χ3v) is 12.4. The lowest BCUT2D eigenvalue weighted by atomic mass is 9.35. The molecule has 0 aliphatic heterocycles. The van der Waals surface area contributed by atoms with E-state index >= 15 is 0 Å². The van der Waals surface area contributed by atoms with Crippen LogP contribution in [0.5, 0.6) is 0 Å². The number of allylic oxidation sites excluding steroid dienone is 1. The van der Waals surface area contributed by atoms with E-state index < -0.39 is 33.6 Å². The zero-order valence-electron chi connectivity index (χ0n) is 23.3. The van der Waals surface area contributed by atoms with E-state index in [2.05, 4.69) is 44.6 Å². The number of halogens is 1. The van der Waals surface area contributed by atoms with Gasteiger partial charge in [-0.05, 0) is 85.8 Å². The van der Waals surface area contributed by atoms with Crippen molar-refractivity contribution in [2.45, 2.75) is 84.8 Å². The van der Waals surface area contributed by atoms with Crippen LogP contribution >= 0.6 is 12.6 Å². The van der Waals surface area contributed by atoms with Gasteiger partial charge in [-0.15, -0.1) is 12.6 Å². The molecule has 6 nitrogen and oxygen atoms in total. The molecule has 1 aromatic carbocycles. The van der Waals surface area contributed by atoms with E-state index in [9.17, 15) is 19.1 Å². The van der Waals surface area contributed by atoms with E-state index in [1.807, 2.05) is 17.8 Å². The molecule has 4 unspecified atom stereocenters. The smallest absolute Gasteiger partial charge is 0.303 e. The Bertz CT molecular complexity index is 1420. The first-order valence-corrected chi connectivity index (χ1v) is 14.3. The van der Waals surface area contributed by atoms with Crippen LogP contribution in [0.25, 0.3) is 11.8 Å². The molecule has 1 N–H and O–H groups in total. The molecular formula is C31H37FN2O4S. The average molecular weight is 553 g/mol. The number of hydrogen-bond donors (Lipinski definition) is 2. The van der Waals surface area contributed by atoms with Crippen LogP contribution in [-0.4, -0.2) is 37.7 Å². The van der Waals surface area contributed by atoms with Gasteiger partial charge in [0.15, 0.2) is 5.60 Å². The minimum atomic E-state index is -1.36. The van der Waals surface area contributed by atoms with E-state index in [1.54, 1.807) is 12.1 Å². The molecule has 1 heterocycles. The number of rotatable bonds is 3. The maximum atomic E-state index is 13.6. The summed E-state index contributed by atoms with van der Waals surface area (Å²) in [4.78, 5) is 25.3. The van der Waals surface area contributed by atoms with Crippen molar-refractivity contribution >= 4 is 29.8 Å². The van der Waals surface area contributed by atoms with E-state index in [1.165, 1.54) is 24.6 Å². The summed E-state index contributed by atoms with van der Waals surface area (Å²) < 4.78 is 21.3. The molecule has 0 radical (unpaired) electrons. The second kappa shape index (κ2) is 8.29. The number of ether oxygens (including phenoxy) is 1. The highest BCUT2D eigenvalue weighted by atomic mass is 32.1. The third-order valence-electron chi connectivity index (χ3n) is 12.0. The average Bonchev–Trinajstić information content (AvgIpc) is 3.36. The lowest BCUT2D eigenvalue weighted by molar-refractivity contribution is -0.245. The largest absolute Gasteiger partial charge is 0.450 e. The number of carbonyl (C=O) groups is 2. The lowest BCUT2D eigenvalue weighted by Gasteiger charge is -2.69. The van der Waals surface area contributed by atoms with Crippen LogP contribution < -0.4 is 0 Å². The molecule has 39 heavy (non-hydrogen) atoms. The van der Waals surface area contributed by atoms with Gasteiger partial charge in [0.2, 0.25) is 5.12 Å². The van der Waals surface area contributed by atoms with Gasteiger partial charge >= 0.3 is 5.97 Å². The van der Waals surface area contributed by atoms with Gasteiger partial charge in [-0.3, -0.25) is 9.59 Å². The van der Waals surface area contributed by atoms with E-state index in [-0.39, 0.29) is 22.6 Å². The molecule has 0 bridgehead atoms. The molecule has 0 saturated heterocycles. The van der Waals surface area contributed by atoms with Gasteiger partial charge in [0.25, 0.3) is 0 Å². The van der Waals surface area contributed by atoms with E-state index in [4.69, 9.17) is 4.74 Å². The Morgan fingerprint density at radius 3 is 2.49 bits per heavy atom. The minimum Gasteiger partial charge on any atom is -0.450 e. The molecule has 8 heteroatoms. The molecule has 4 aliphatic rings. The van der Waals surface area contributed by atoms with Crippen LogP contribution in [0, 0.1) is 33.4 Å². The SMILES string of the molecule is CC(=O)OC1(C(=O)S)CC[C@@]2(C)C3CCC4=Cc5c(cnn5-c5ccc(F)cc5)CC4(C)[C@@]3(C)[C@@H](O)CC12C. The predicted octanol–water partition coefficient (Wildman–Crippen LogP) is 5.70. The Balaban J connectivity index is 1.44. The zero-order valence-corrected chi connectivity index (χ0v) is 24.1. The van der Waals surface area contributed by atoms with Crippen LogP contribution in [0.2, 0.25) is 0 Å². The highest BCUT2D eigenvalue weighted by molar-refractivity contribution is 7.96. The second-order valence-corrected chi connectivity index (χ2v) is 13.6. The Morgan fingerprint density at radius 2 is 1.85 bits per heavy atom. The number of fused-ring (bicyclic) bond motifs is 6. The highest BCUT2D eigenvalue weighted by Crippen LogP contribution is 2.77. The maximum absolute atomic E-state index is 13.6. The molecule has 3 saturated carbocycles. The first kappa shape index (κ1) is 26.8. The van der Waals surface area contributed by atoms with Crippen LogP contribution in [0.1, 0.15) is 78.0 Å². The summed E-state index contributed by atoms with van der Waals surface area (Å²) >= 11 is 4.25. The summed E-state index contributed by atoms with van der Waals surface area (Å²) in [5, 5.41) is 16.4. The van der Waals surface area contributed by atoms with E-state index in [0.717, 1.165) is 42.6 Å². The number of benzene rings is 1. The molecule has 2 aromatic rings. The van der Waals surface area contributed by atoms with Crippen molar-refractivity contribution < 1.29 is 23.8 Å². The first-order chi connectivity index (χ1) is 18.2. The Labute approximate surface area is 234 Å². The van der Waals surface area contributed by atoms with Crippen LogP contribution in [0.4, 0.5) is 4.39 Å². The number of thiol groups is 1. The number of aromatic nitrogens is 2. The number of nitrogens with zero attached hydrogens (tertiary/aromatic N) is 2. The number of aliphatic hydroxyl groups is 1. The third kappa shape index (κ3) is 3.16. The molecule has 1 aromatic heterocycles. The van der Waals surface area contributed by atoms with Crippen molar-refractivity contribution in [3.63, 3.8) is 0 Å². The number of aliphatic hydroxyl groups excluding tert-OH is 1. The summed E-state index contributed by atoms with van der Waals surface area (Å²) in [6.07, 6.45) is 7.34. The molecule has 208 valence electrons. The quantitative estimate of drug-likeness (QED) is 0.377. The number of esters is 1. The van der Waals surface area contributed by atoms with Gasteiger partial charge in [-0.1, -0.05) is 33.3 Å². The summed E-state index contributed by atoms with van der Waals surface area (Å²) in [5.74, 6) is -0.683. The van der Waals surface area contributed by atoms with Crippen LogP contribution in [0.3, 0.4) is 0 Å². The van der Waals surface area contributed by atoms with E-state index in [0.29, 0.717) is 12.8 Å². The summed E-state index contributed by atoms with van der Waals surface area (Å²) in [6.45, 7) is 10.1. The lowest BCUT2D eigenvalue weighted by Crippen LogP contribution is -2.70. The van der Waals surface area contributed by atoms with Crippen molar-refractivity contribution in [3.8, 4) is 5.69 Å². The Hall–Kier alpha value is -2.45. The minimum absolute atomic E-state index is 0.0970. The standard InChI is InChI=1S/C31H37FN2O4S/c1-18(35)38-31(26(37)39)13-12-27(2)24-11-6-20-14-23-19(17-33-34(23)22-9-7-21(32)8-10-22)15-28(20,3)30(24,5)25(36)16-29(27,31)4/h7-10,14,17,24-25,36H,6,11-13,15-16H2,1-5H3,(H,37,39)/t24?,25-,27-,28?,29?,30+,31?/m0/s1. The fraction of sp³-hybridized carbons (Fsp3) is 0.581. The fourth-order valence-corrected chi connectivity index (χ4v) is 9.94. The van der Waals surface area contributed by atoms with Gasteiger partial charge < -0.3 is 9.84 Å². The van der Waals surface area contributed by atoms with Gasteiger partial charge in [0.05, 0.1) is 23.7 Å². The molecule has 0 spiro atoms. The molecule has 4 aliphatic carbocycles. The fourth-order valence-electron chi connectivity index (χ4n) is 9.54. The molecule has 0 amide bonds. The Kier molecular flexibility index (Phi) is 5.69. The van der Waals surface area contributed by atoms with Crippen molar-refractivity contribution in [3.05, 3.63) is 53.1 Å². The van der Waals surface area contributed by atoms with Crippen molar-refractivity contribution in [2.24, 2.45) is 27.6 Å². The molecule has 7 atom stereocenters. The van der Waals surface area contributed by atoms with Crippen molar-refractivity contribution in [2.75, 3.05) is 0 Å². The summed E-state index contributed by atoms with van der Waals surface area (Å²) in [5.41, 5.74) is 0.944.